The van der Waals surface area contributed by atoms with E-state index in [9.17, 15) is 13.5 Å². The molecule has 0 saturated carbocycles. The molecule has 0 aromatic heterocycles. The summed E-state index contributed by atoms with van der Waals surface area (Å²) in [6, 6.07) is 2.79. The highest BCUT2D eigenvalue weighted by Crippen LogP contribution is 2.32. The molecular weight excluding hydrogens is 381 g/mol. The summed E-state index contributed by atoms with van der Waals surface area (Å²) in [6.45, 7) is 0.339. The molecule has 0 aliphatic heterocycles. The Morgan fingerprint density at radius 1 is 1.37 bits per heavy atom. The molecule has 1 aromatic carbocycles. The molecule has 0 amide bonds. The lowest BCUT2D eigenvalue weighted by Gasteiger charge is -2.21. The van der Waals surface area contributed by atoms with Crippen LogP contribution in [-0.4, -0.2) is 37.4 Å². The first-order valence-electron chi connectivity index (χ1n) is 5.06. The number of nitrogens with one attached hydrogen (secondary N) is 1. The van der Waals surface area contributed by atoms with Gasteiger partial charge in [-0.1, -0.05) is 39.1 Å². The summed E-state index contributed by atoms with van der Waals surface area (Å²) in [7, 11) is -3.99. The zero-order valence-electron chi connectivity index (χ0n) is 9.82. The van der Waals surface area contributed by atoms with Gasteiger partial charge in [-0.15, -0.1) is 0 Å². The minimum Gasteiger partial charge on any atom is -0.393 e. The zero-order valence-corrected chi connectivity index (χ0v) is 13.7. The Morgan fingerprint density at radius 3 is 2.26 bits per heavy atom. The average molecular weight is 393 g/mol. The SMILES string of the molecule is CC(O)(CO)CNS(=O)(=O)c1c(Cl)cc(Br)cc1Cl. The summed E-state index contributed by atoms with van der Waals surface area (Å²) in [5.74, 6) is 0. The fourth-order valence-corrected chi connectivity index (χ4v) is 4.26. The van der Waals surface area contributed by atoms with Crippen LogP contribution in [0.15, 0.2) is 21.5 Å². The molecule has 1 unspecified atom stereocenters. The molecule has 19 heavy (non-hydrogen) atoms. The molecule has 0 bridgehead atoms. The van der Waals surface area contributed by atoms with Gasteiger partial charge in [0.2, 0.25) is 10.0 Å². The van der Waals surface area contributed by atoms with E-state index < -0.39 is 22.2 Å². The van der Waals surface area contributed by atoms with Crippen molar-refractivity contribution in [2.45, 2.75) is 17.4 Å². The summed E-state index contributed by atoms with van der Waals surface area (Å²) < 4.78 is 26.8. The lowest BCUT2D eigenvalue weighted by molar-refractivity contribution is 0.00681. The number of rotatable bonds is 5. The van der Waals surface area contributed by atoms with Crippen LogP contribution in [-0.2, 0) is 10.0 Å². The second-order valence-electron chi connectivity index (χ2n) is 4.18. The molecule has 1 atom stereocenters. The summed E-state index contributed by atoms with van der Waals surface area (Å²) in [6.07, 6.45) is 0. The van der Waals surface area contributed by atoms with Crippen LogP contribution in [0.3, 0.4) is 0 Å². The van der Waals surface area contributed by atoms with Gasteiger partial charge < -0.3 is 10.2 Å². The van der Waals surface area contributed by atoms with E-state index in [-0.39, 0.29) is 21.5 Å². The van der Waals surface area contributed by atoms with E-state index in [1.54, 1.807) is 0 Å². The average Bonchev–Trinajstić information content (AvgIpc) is 2.25. The van der Waals surface area contributed by atoms with Gasteiger partial charge in [-0.05, 0) is 19.1 Å². The highest BCUT2D eigenvalue weighted by Gasteiger charge is 2.26. The second kappa shape index (κ2) is 6.26. The van der Waals surface area contributed by atoms with Gasteiger partial charge in [0.05, 0.1) is 22.3 Å². The van der Waals surface area contributed by atoms with Crippen molar-refractivity contribution in [2.24, 2.45) is 0 Å². The molecule has 0 radical (unpaired) electrons. The monoisotopic (exact) mass is 391 g/mol. The van der Waals surface area contributed by atoms with E-state index in [4.69, 9.17) is 28.3 Å². The molecule has 3 N–H and O–H groups in total. The quantitative estimate of drug-likeness (QED) is 0.712. The van der Waals surface area contributed by atoms with E-state index in [1.165, 1.54) is 19.1 Å². The third-order valence-electron chi connectivity index (χ3n) is 2.22. The standard InChI is InChI=1S/C10H12BrCl2NO4S/c1-10(16,5-15)4-14-19(17,18)9-7(12)2-6(11)3-8(9)13/h2-3,14-16H,4-5H2,1H3. The summed E-state index contributed by atoms with van der Waals surface area (Å²) in [5, 5.41) is 18.3. The first-order chi connectivity index (χ1) is 8.59. The van der Waals surface area contributed by atoms with Crippen molar-refractivity contribution in [1.82, 2.24) is 4.72 Å². The van der Waals surface area contributed by atoms with Crippen LogP contribution >= 0.6 is 39.1 Å². The Kier molecular flexibility index (Phi) is 5.65. The molecular formula is C10H12BrCl2NO4S. The van der Waals surface area contributed by atoms with Gasteiger partial charge in [-0.25, -0.2) is 13.1 Å². The lowest BCUT2D eigenvalue weighted by atomic mass is 10.1. The highest BCUT2D eigenvalue weighted by molar-refractivity contribution is 9.10. The number of hydrogen-bond acceptors (Lipinski definition) is 4. The number of halogens is 3. The van der Waals surface area contributed by atoms with Gasteiger partial charge in [0, 0.05) is 11.0 Å². The van der Waals surface area contributed by atoms with Crippen LogP contribution in [0.5, 0.6) is 0 Å². The predicted octanol–water partition coefficient (Wildman–Crippen LogP) is 1.78. The van der Waals surface area contributed by atoms with Crippen LogP contribution in [0.25, 0.3) is 0 Å². The lowest BCUT2D eigenvalue weighted by Crippen LogP contribution is -2.43. The number of hydrogen-bond donors (Lipinski definition) is 3. The molecule has 9 heteroatoms. The van der Waals surface area contributed by atoms with Crippen molar-refractivity contribution < 1.29 is 18.6 Å². The Hall–Kier alpha value is 0.110. The molecule has 1 rings (SSSR count). The summed E-state index contributed by atoms with van der Waals surface area (Å²) in [5.41, 5.74) is -1.57. The van der Waals surface area contributed by atoms with Gasteiger partial charge in [0.25, 0.3) is 0 Å². The zero-order chi connectivity index (χ0) is 14.8. The molecule has 0 heterocycles. The largest absolute Gasteiger partial charge is 0.393 e. The smallest absolute Gasteiger partial charge is 0.243 e. The minimum atomic E-state index is -3.99. The molecule has 0 aliphatic rings. The van der Waals surface area contributed by atoms with E-state index in [0.717, 1.165) is 0 Å². The Morgan fingerprint density at radius 2 is 1.84 bits per heavy atom. The van der Waals surface area contributed by atoms with E-state index in [0.29, 0.717) is 4.47 Å². The molecule has 1 aromatic rings. The van der Waals surface area contributed by atoms with Gasteiger partial charge in [-0.2, -0.15) is 0 Å². The molecule has 0 spiro atoms. The first kappa shape index (κ1) is 17.2. The van der Waals surface area contributed by atoms with Crippen LogP contribution in [0.2, 0.25) is 10.0 Å². The van der Waals surface area contributed by atoms with Crippen LogP contribution in [0.1, 0.15) is 6.92 Å². The van der Waals surface area contributed by atoms with Gasteiger partial charge in [-0.3, -0.25) is 0 Å². The second-order valence-corrected chi connectivity index (χ2v) is 7.61. The molecule has 5 nitrogen and oxygen atoms in total. The van der Waals surface area contributed by atoms with E-state index in [1.807, 2.05) is 0 Å². The molecule has 108 valence electrons. The topological polar surface area (TPSA) is 86.6 Å². The minimum absolute atomic E-state index is 0.0458. The molecule has 0 aliphatic carbocycles. The van der Waals surface area contributed by atoms with Crippen LogP contribution < -0.4 is 4.72 Å². The Labute approximate surface area is 129 Å². The number of sulfonamides is 1. The predicted molar refractivity (Wildman–Crippen MR) is 77.1 cm³/mol. The van der Waals surface area contributed by atoms with Crippen molar-refractivity contribution in [2.75, 3.05) is 13.2 Å². The number of aliphatic hydroxyl groups excluding tert-OH is 1. The van der Waals surface area contributed by atoms with E-state index >= 15 is 0 Å². The van der Waals surface area contributed by atoms with Gasteiger partial charge in [0.15, 0.2) is 0 Å². The normalized spacial score (nSPS) is 15.3. The van der Waals surface area contributed by atoms with Crippen molar-refractivity contribution in [3.05, 3.63) is 26.7 Å². The summed E-state index contributed by atoms with van der Waals surface area (Å²) in [4.78, 5) is -0.271. The highest BCUT2D eigenvalue weighted by atomic mass is 79.9. The van der Waals surface area contributed by atoms with Gasteiger partial charge >= 0.3 is 0 Å². The molecule has 0 saturated heterocycles. The van der Waals surface area contributed by atoms with E-state index in [2.05, 4.69) is 20.7 Å². The Balaban J connectivity index is 3.09. The fourth-order valence-electron chi connectivity index (χ4n) is 1.16. The van der Waals surface area contributed by atoms with Crippen molar-refractivity contribution >= 4 is 49.2 Å². The van der Waals surface area contributed by atoms with Crippen LogP contribution in [0.4, 0.5) is 0 Å². The maximum absolute atomic E-state index is 12.1. The third kappa shape index (κ3) is 4.56. The fraction of sp³-hybridized carbons (Fsp3) is 0.400. The van der Waals surface area contributed by atoms with Gasteiger partial charge in [0.1, 0.15) is 4.90 Å². The summed E-state index contributed by atoms with van der Waals surface area (Å²) >= 11 is 14.9. The maximum atomic E-state index is 12.1. The maximum Gasteiger partial charge on any atom is 0.243 e. The number of benzene rings is 1. The van der Waals surface area contributed by atoms with Crippen molar-refractivity contribution in [3.63, 3.8) is 0 Å². The Bertz CT molecular complexity index is 554. The number of aliphatic hydroxyl groups is 2. The molecule has 0 fully saturated rings. The van der Waals surface area contributed by atoms with Crippen LogP contribution in [0, 0.1) is 0 Å². The third-order valence-corrected chi connectivity index (χ3v) is 5.00. The van der Waals surface area contributed by atoms with Crippen molar-refractivity contribution in [3.8, 4) is 0 Å². The first-order valence-corrected chi connectivity index (χ1v) is 8.10. The van der Waals surface area contributed by atoms with Crippen molar-refractivity contribution in [1.29, 1.82) is 0 Å².